The van der Waals surface area contributed by atoms with Gasteiger partial charge in [-0.1, -0.05) is 13.8 Å². The molecular formula is C8H14O2. The second-order valence-corrected chi connectivity index (χ2v) is 2.76. The lowest BCUT2D eigenvalue weighted by atomic mass is 9.97. The van der Waals surface area contributed by atoms with Gasteiger partial charge in [0.25, 0.3) is 0 Å². The molecule has 58 valence electrons. The minimum atomic E-state index is -0.324. The normalized spacial score (nSPS) is 39.3. The van der Waals surface area contributed by atoms with Gasteiger partial charge < -0.3 is 9.84 Å². The number of aliphatic hydroxyl groups excluding tert-OH is 1. The molecule has 1 aliphatic heterocycles. The lowest BCUT2D eigenvalue weighted by Crippen LogP contribution is -2.34. The van der Waals surface area contributed by atoms with Crippen molar-refractivity contribution in [3.05, 3.63) is 12.3 Å². The third-order valence-electron chi connectivity index (χ3n) is 1.96. The Bertz CT molecular complexity index is 131. The third-order valence-corrected chi connectivity index (χ3v) is 1.96. The van der Waals surface area contributed by atoms with Crippen molar-refractivity contribution in [2.45, 2.75) is 32.5 Å². The summed E-state index contributed by atoms with van der Waals surface area (Å²) in [6.45, 7) is 4.01. The van der Waals surface area contributed by atoms with Gasteiger partial charge in [-0.25, -0.2) is 0 Å². The topological polar surface area (TPSA) is 29.5 Å². The second-order valence-electron chi connectivity index (χ2n) is 2.76. The average molecular weight is 142 g/mol. The largest absolute Gasteiger partial charge is 0.496 e. The standard InChI is InChI=1S/C8H14O2/c1-3-7-8(9)6(2)4-5-10-7/h4-9H,3H2,1-2H3/t6?,7?,8-/m0/s1. The molecule has 0 aromatic rings. The van der Waals surface area contributed by atoms with Crippen LogP contribution in [-0.4, -0.2) is 17.3 Å². The van der Waals surface area contributed by atoms with E-state index in [1.54, 1.807) is 6.26 Å². The van der Waals surface area contributed by atoms with E-state index >= 15 is 0 Å². The molecule has 2 heteroatoms. The summed E-state index contributed by atoms with van der Waals surface area (Å²) >= 11 is 0. The summed E-state index contributed by atoms with van der Waals surface area (Å²) in [7, 11) is 0. The van der Waals surface area contributed by atoms with E-state index < -0.39 is 0 Å². The van der Waals surface area contributed by atoms with E-state index in [0.717, 1.165) is 6.42 Å². The van der Waals surface area contributed by atoms with Crippen molar-refractivity contribution in [3.63, 3.8) is 0 Å². The van der Waals surface area contributed by atoms with Gasteiger partial charge >= 0.3 is 0 Å². The molecule has 0 spiro atoms. The molecule has 1 N–H and O–H groups in total. The van der Waals surface area contributed by atoms with Crippen molar-refractivity contribution >= 4 is 0 Å². The van der Waals surface area contributed by atoms with Crippen LogP contribution in [0.5, 0.6) is 0 Å². The fourth-order valence-electron chi connectivity index (χ4n) is 1.14. The van der Waals surface area contributed by atoms with Gasteiger partial charge in [0.1, 0.15) is 6.10 Å². The predicted molar refractivity (Wildman–Crippen MR) is 39.5 cm³/mol. The van der Waals surface area contributed by atoms with Crippen molar-refractivity contribution in [2.24, 2.45) is 5.92 Å². The first-order valence-electron chi connectivity index (χ1n) is 3.76. The Labute approximate surface area is 61.5 Å². The van der Waals surface area contributed by atoms with E-state index in [9.17, 15) is 5.11 Å². The highest BCUT2D eigenvalue weighted by molar-refractivity contribution is 4.93. The Morgan fingerprint density at radius 2 is 2.30 bits per heavy atom. The fraction of sp³-hybridized carbons (Fsp3) is 0.750. The van der Waals surface area contributed by atoms with Crippen LogP contribution in [0.25, 0.3) is 0 Å². The van der Waals surface area contributed by atoms with Crippen LogP contribution in [0.1, 0.15) is 20.3 Å². The highest BCUT2D eigenvalue weighted by atomic mass is 16.5. The zero-order valence-corrected chi connectivity index (χ0v) is 6.45. The van der Waals surface area contributed by atoms with Crippen LogP contribution in [-0.2, 0) is 4.74 Å². The Kier molecular flexibility index (Phi) is 2.33. The van der Waals surface area contributed by atoms with Crippen LogP contribution in [0.4, 0.5) is 0 Å². The van der Waals surface area contributed by atoms with Gasteiger partial charge in [0.05, 0.1) is 12.4 Å². The number of hydrogen-bond donors (Lipinski definition) is 1. The zero-order chi connectivity index (χ0) is 7.56. The Balaban J connectivity index is 2.56. The zero-order valence-electron chi connectivity index (χ0n) is 6.45. The molecule has 2 unspecified atom stereocenters. The highest BCUT2D eigenvalue weighted by Gasteiger charge is 2.25. The summed E-state index contributed by atoms with van der Waals surface area (Å²) in [5, 5.41) is 9.46. The second kappa shape index (κ2) is 3.06. The molecule has 0 saturated carbocycles. The minimum Gasteiger partial charge on any atom is -0.496 e. The Morgan fingerprint density at radius 1 is 1.60 bits per heavy atom. The van der Waals surface area contributed by atoms with Crippen LogP contribution in [0.3, 0.4) is 0 Å². The van der Waals surface area contributed by atoms with Gasteiger partial charge in [0.15, 0.2) is 0 Å². The Morgan fingerprint density at radius 3 is 2.80 bits per heavy atom. The first kappa shape index (κ1) is 7.61. The van der Waals surface area contributed by atoms with Crippen LogP contribution < -0.4 is 0 Å². The van der Waals surface area contributed by atoms with Gasteiger partial charge in [-0.2, -0.15) is 0 Å². The molecule has 2 nitrogen and oxygen atoms in total. The lowest BCUT2D eigenvalue weighted by molar-refractivity contribution is -0.0264. The predicted octanol–water partition coefficient (Wildman–Crippen LogP) is 1.31. The molecule has 0 saturated heterocycles. The monoisotopic (exact) mass is 142 g/mol. The molecule has 10 heavy (non-hydrogen) atoms. The van der Waals surface area contributed by atoms with Crippen molar-refractivity contribution in [1.82, 2.24) is 0 Å². The maximum Gasteiger partial charge on any atom is 0.124 e. The van der Waals surface area contributed by atoms with Gasteiger partial charge in [0, 0.05) is 5.92 Å². The van der Waals surface area contributed by atoms with Crippen molar-refractivity contribution in [1.29, 1.82) is 0 Å². The molecule has 0 radical (unpaired) electrons. The number of hydrogen-bond acceptors (Lipinski definition) is 2. The number of rotatable bonds is 1. The molecule has 1 rings (SSSR count). The van der Waals surface area contributed by atoms with Crippen LogP contribution in [0.15, 0.2) is 12.3 Å². The van der Waals surface area contributed by atoms with E-state index in [0.29, 0.717) is 0 Å². The van der Waals surface area contributed by atoms with Crippen molar-refractivity contribution in [2.75, 3.05) is 0 Å². The van der Waals surface area contributed by atoms with Gasteiger partial charge in [0.2, 0.25) is 0 Å². The molecule has 0 aromatic carbocycles. The molecular weight excluding hydrogens is 128 g/mol. The van der Waals surface area contributed by atoms with Gasteiger partial charge in [-0.05, 0) is 12.5 Å². The third kappa shape index (κ3) is 1.32. The number of aliphatic hydroxyl groups is 1. The summed E-state index contributed by atoms with van der Waals surface area (Å²) in [4.78, 5) is 0. The van der Waals surface area contributed by atoms with E-state index in [4.69, 9.17) is 4.74 Å². The summed E-state index contributed by atoms with van der Waals surface area (Å²) in [5.41, 5.74) is 0. The van der Waals surface area contributed by atoms with E-state index in [1.165, 1.54) is 0 Å². The molecule has 1 heterocycles. The number of ether oxygens (including phenoxy) is 1. The summed E-state index contributed by atoms with van der Waals surface area (Å²) in [6.07, 6.45) is 4.12. The minimum absolute atomic E-state index is 0.000000000000000222. The molecule has 0 fully saturated rings. The van der Waals surface area contributed by atoms with Gasteiger partial charge in [-0.3, -0.25) is 0 Å². The first-order valence-corrected chi connectivity index (χ1v) is 3.76. The molecule has 0 amide bonds. The fourth-order valence-corrected chi connectivity index (χ4v) is 1.14. The highest BCUT2D eigenvalue weighted by Crippen LogP contribution is 2.19. The maximum absolute atomic E-state index is 9.46. The van der Waals surface area contributed by atoms with E-state index in [1.807, 2.05) is 19.9 Å². The molecule has 0 bridgehead atoms. The summed E-state index contributed by atoms with van der Waals surface area (Å²) in [6, 6.07) is 0. The first-order chi connectivity index (χ1) is 4.75. The summed E-state index contributed by atoms with van der Waals surface area (Å²) < 4.78 is 5.18. The lowest BCUT2D eigenvalue weighted by Gasteiger charge is -2.28. The molecule has 0 aromatic heterocycles. The Hall–Kier alpha value is -0.500. The smallest absolute Gasteiger partial charge is 0.124 e. The maximum atomic E-state index is 9.46. The summed E-state index contributed by atoms with van der Waals surface area (Å²) in [5.74, 6) is 0.235. The van der Waals surface area contributed by atoms with Crippen LogP contribution in [0, 0.1) is 5.92 Å². The van der Waals surface area contributed by atoms with E-state index in [-0.39, 0.29) is 18.1 Å². The molecule has 1 aliphatic rings. The quantitative estimate of drug-likeness (QED) is 0.598. The molecule has 0 aliphatic carbocycles. The van der Waals surface area contributed by atoms with Crippen molar-refractivity contribution < 1.29 is 9.84 Å². The van der Waals surface area contributed by atoms with Crippen molar-refractivity contribution in [3.8, 4) is 0 Å². The van der Waals surface area contributed by atoms with Gasteiger partial charge in [-0.15, -0.1) is 0 Å². The van der Waals surface area contributed by atoms with Crippen LogP contribution in [0.2, 0.25) is 0 Å². The van der Waals surface area contributed by atoms with E-state index in [2.05, 4.69) is 0 Å². The van der Waals surface area contributed by atoms with Crippen LogP contribution >= 0.6 is 0 Å². The molecule has 3 atom stereocenters. The SMILES string of the molecule is CCC1OC=CC(C)[C@@H]1O. The average Bonchev–Trinajstić information content (AvgIpc) is 1.95.